The number of nitro groups is 1. The van der Waals surface area contributed by atoms with Crippen LogP contribution in [-0.4, -0.2) is 33.5 Å². The van der Waals surface area contributed by atoms with Gasteiger partial charge in [-0.25, -0.2) is 0 Å². The van der Waals surface area contributed by atoms with Crippen LogP contribution in [0.4, 0.5) is 30.2 Å². The number of carbonyl (C=O) groups is 2. The number of nitrogens with one attached hydrogen (secondary N) is 3. The van der Waals surface area contributed by atoms with Gasteiger partial charge < -0.3 is 16.4 Å². The Morgan fingerprint density at radius 2 is 2.04 bits per heavy atom. The Hall–Kier alpha value is -3.64. The number of nitro benzene ring substituents is 1. The van der Waals surface area contributed by atoms with E-state index in [0.29, 0.717) is 17.8 Å². The summed E-state index contributed by atoms with van der Waals surface area (Å²) in [7, 11) is 0. The van der Waals surface area contributed by atoms with Crippen molar-refractivity contribution >= 4 is 28.9 Å². The Morgan fingerprint density at radius 1 is 1.36 bits per heavy atom. The highest BCUT2D eigenvalue weighted by Gasteiger charge is 2.33. The average molecular weight is 400 g/mol. The molecule has 0 fully saturated rings. The zero-order chi connectivity index (χ0) is 21.1. The second-order valence-corrected chi connectivity index (χ2v) is 5.65. The monoisotopic (exact) mass is 400 g/mol. The minimum absolute atomic E-state index is 0.109. The molecule has 0 saturated heterocycles. The van der Waals surface area contributed by atoms with Gasteiger partial charge in [0.25, 0.3) is 11.6 Å². The predicted octanol–water partition coefficient (Wildman–Crippen LogP) is 2.18. The molecule has 2 rings (SSSR count). The van der Waals surface area contributed by atoms with Crippen LogP contribution in [0, 0.1) is 17.0 Å². The zero-order valence-electron chi connectivity index (χ0n) is 14.4. The summed E-state index contributed by atoms with van der Waals surface area (Å²) in [5.41, 5.74) is 3.40. The van der Waals surface area contributed by atoms with Crippen LogP contribution >= 0.6 is 0 Å². The number of hydrogen-bond acceptors (Lipinski definition) is 6. The Labute approximate surface area is 155 Å². The molecule has 0 spiro atoms. The highest BCUT2D eigenvalue weighted by Crippen LogP contribution is 2.34. The minimum atomic E-state index is -4.72. The summed E-state index contributed by atoms with van der Waals surface area (Å²) in [4.78, 5) is 33.3. The van der Waals surface area contributed by atoms with Gasteiger partial charge in [-0.15, -0.1) is 0 Å². The van der Waals surface area contributed by atoms with Crippen LogP contribution in [-0.2, 0) is 11.0 Å². The fourth-order valence-electron chi connectivity index (χ4n) is 2.28. The standard InChI is InChI=1S/C15H15F3N6O4/c1-7-12(13(14(19)26)23-22-7)21-11(25)4-5-20-9-3-2-8(15(16,17)18)6-10(9)24(27)28/h2-3,6,20H,4-5H2,1H3,(H2,19,26)(H,21,25)(H,22,23). The lowest BCUT2D eigenvalue weighted by molar-refractivity contribution is -0.384. The van der Waals surface area contributed by atoms with Crippen LogP contribution in [0.1, 0.15) is 28.2 Å². The molecule has 0 aliphatic carbocycles. The predicted molar refractivity (Wildman–Crippen MR) is 91.7 cm³/mol. The first-order valence-corrected chi connectivity index (χ1v) is 7.74. The number of rotatable bonds is 7. The van der Waals surface area contributed by atoms with Crippen molar-refractivity contribution in [3.05, 3.63) is 45.3 Å². The molecule has 28 heavy (non-hydrogen) atoms. The van der Waals surface area contributed by atoms with E-state index in [0.717, 1.165) is 6.07 Å². The summed E-state index contributed by atoms with van der Waals surface area (Å²) >= 11 is 0. The summed E-state index contributed by atoms with van der Waals surface area (Å²) in [6.45, 7) is 1.44. The molecule has 0 aliphatic rings. The second kappa shape index (κ2) is 7.94. The molecule has 2 aromatic rings. The van der Waals surface area contributed by atoms with Crippen LogP contribution in [0.25, 0.3) is 0 Å². The number of hydrogen-bond donors (Lipinski definition) is 4. The molecule has 0 unspecified atom stereocenters. The van der Waals surface area contributed by atoms with Gasteiger partial charge in [-0.1, -0.05) is 0 Å². The number of aryl methyl sites for hydroxylation is 1. The van der Waals surface area contributed by atoms with E-state index in [1.807, 2.05) is 0 Å². The number of aromatic amines is 1. The van der Waals surface area contributed by atoms with Crippen LogP contribution in [0.2, 0.25) is 0 Å². The molecule has 10 nitrogen and oxygen atoms in total. The van der Waals surface area contributed by atoms with Crippen molar-refractivity contribution in [1.29, 1.82) is 0 Å². The van der Waals surface area contributed by atoms with Crippen molar-refractivity contribution in [3.8, 4) is 0 Å². The first-order valence-electron chi connectivity index (χ1n) is 7.74. The minimum Gasteiger partial charge on any atom is -0.379 e. The average Bonchev–Trinajstić information content (AvgIpc) is 2.94. The lowest BCUT2D eigenvalue weighted by Crippen LogP contribution is -2.20. The Kier molecular flexibility index (Phi) is 5.86. The summed E-state index contributed by atoms with van der Waals surface area (Å²) in [5, 5.41) is 22.2. The van der Waals surface area contributed by atoms with Gasteiger partial charge in [0.1, 0.15) is 5.69 Å². The number of anilines is 2. The van der Waals surface area contributed by atoms with E-state index < -0.39 is 34.2 Å². The third-order valence-corrected chi connectivity index (χ3v) is 3.63. The van der Waals surface area contributed by atoms with Gasteiger partial charge in [0, 0.05) is 19.0 Å². The molecule has 1 heterocycles. The summed E-state index contributed by atoms with van der Waals surface area (Å²) in [6, 6.07) is 2.03. The van der Waals surface area contributed by atoms with Crippen molar-refractivity contribution in [2.75, 3.05) is 17.2 Å². The van der Waals surface area contributed by atoms with Crippen molar-refractivity contribution in [3.63, 3.8) is 0 Å². The molecule has 2 amide bonds. The molecule has 0 aliphatic heterocycles. The second-order valence-electron chi connectivity index (χ2n) is 5.65. The summed E-state index contributed by atoms with van der Waals surface area (Å²) in [5.74, 6) is -1.41. The lowest BCUT2D eigenvalue weighted by atomic mass is 10.1. The molecular weight excluding hydrogens is 385 g/mol. The molecule has 0 saturated carbocycles. The maximum Gasteiger partial charge on any atom is 0.416 e. The fourth-order valence-corrected chi connectivity index (χ4v) is 2.28. The number of nitrogens with two attached hydrogens (primary N) is 1. The molecular formula is C15H15F3N6O4. The highest BCUT2D eigenvalue weighted by atomic mass is 19.4. The van der Waals surface area contributed by atoms with Gasteiger partial charge in [0.2, 0.25) is 5.91 Å². The number of amides is 2. The van der Waals surface area contributed by atoms with Gasteiger partial charge in [0.15, 0.2) is 5.69 Å². The van der Waals surface area contributed by atoms with Crippen LogP contribution in [0.3, 0.4) is 0 Å². The third-order valence-electron chi connectivity index (χ3n) is 3.63. The van der Waals surface area contributed by atoms with Gasteiger partial charge >= 0.3 is 6.18 Å². The van der Waals surface area contributed by atoms with Gasteiger partial charge in [-0.3, -0.25) is 24.8 Å². The fraction of sp³-hybridized carbons (Fsp3) is 0.267. The molecule has 0 atom stereocenters. The third kappa shape index (κ3) is 4.75. The van der Waals surface area contributed by atoms with E-state index in [9.17, 15) is 32.9 Å². The van der Waals surface area contributed by atoms with E-state index >= 15 is 0 Å². The maximum absolute atomic E-state index is 12.7. The van der Waals surface area contributed by atoms with Gasteiger partial charge in [-0.05, 0) is 19.1 Å². The van der Waals surface area contributed by atoms with Crippen molar-refractivity contribution in [2.45, 2.75) is 19.5 Å². The summed E-state index contributed by atoms with van der Waals surface area (Å²) in [6.07, 6.45) is -4.91. The molecule has 150 valence electrons. The van der Waals surface area contributed by atoms with Gasteiger partial charge in [-0.2, -0.15) is 18.3 Å². The van der Waals surface area contributed by atoms with Crippen molar-refractivity contribution < 1.29 is 27.7 Å². The number of nitrogens with zero attached hydrogens (tertiary/aromatic N) is 2. The number of H-pyrrole nitrogens is 1. The zero-order valence-corrected chi connectivity index (χ0v) is 14.4. The number of carbonyl (C=O) groups excluding carboxylic acids is 2. The van der Waals surface area contributed by atoms with E-state index in [2.05, 4.69) is 20.8 Å². The molecule has 0 bridgehead atoms. The van der Waals surface area contributed by atoms with Crippen LogP contribution in [0.15, 0.2) is 18.2 Å². The number of primary amides is 1. The Bertz CT molecular complexity index is 925. The van der Waals surface area contributed by atoms with E-state index in [1.54, 1.807) is 6.92 Å². The SMILES string of the molecule is Cc1[nH]nc(C(N)=O)c1NC(=O)CCNc1ccc(C(F)(F)F)cc1[N+](=O)[O-]. The number of alkyl halides is 3. The first kappa shape index (κ1) is 20.7. The smallest absolute Gasteiger partial charge is 0.379 e. The van der Waals surface area contributed by atoms with Crippen molar-refractivity contribution in [1.82, 2.24) is 10.2 Å². The summed E-state index contributed by atoms with van der Waals surface area (Å²) < 4.78 is 38.1. The quantitative estimate of drug-likeness (QED) is 0.412. The Morgan fingerprint density at radius 3 is 2.61 bits per heavy atom. The van der Waals surface area contributed by atoms with E-state index in [1.165, 1.54) is 0 Å². The van der Waals surface area contributed by atoms with Crippen LogP contribution < -0.4 is 16.4 Å². The van der Waals surface area contributed by atoms with Gasteiger partial charge in [0.05, 0.1) is 21.9 Å². The number of halogens is 3. The normalized spacial score (nSPS) is 11.1. The Balaban J connectivity index is 2.03. The first-order chi connectivity index (χ1) is 13.0. The van der Waals surface area contributed by atoms with Crippen LogP contribution in [0.5, 0.6) is 0 Å². The molecule has 0 radical (unpaired) electrons. The number of benzene rings is 1. The number of aromatic nitrogens is 2. The maximum atomic E-state index is 12.7. The molecule has 1 aromatic heterocycles. The van der Waals surface area contributed by atoms with E-state index in [-0.39, 0.29) is 30.0 Å². The molecule has 5 N–H and O–H groups in total. The van der Waals surface area contributed by atoms with Crippen molar-refractivity contribution in [2.24, 2.45) is 5.73 Å². The molecule has 13 heteroatoms. The topological polar surface area (TPSA) is 156 Å². The largest absolute Gasteiger partial charge is 0.416 e. The van der Waals surface area contributed by atoms with E-state index in [4.69, 9.17) is 5.73 Å². The molecule has 1 aromatic carbocycles. The lowest BCUT2D eigenvalue weighted by Gasteiger charge is -2.11. The highest BCUT2D eigenvalue weighted by molar-refractivity contribution is 6.02.